The summed E-state index contributed by atoms with van der Waals surface area (Å²) in [5, 5.41) is 3.66. The predicted octanol–water partition coefficient (Wildman–Crippen LogP) is 3.86. The zero-order valence-corrected chi connectivity index (χ0v) is 12.3. The molecule has 0 amide bonds. The normalized spacial score (nSPS) is 10.4. The van der Waals surface area contributed by atoms with Gasteiger partial charge in [-0.3, -0.25) is 0 Å². The minimum Gasteiger partial charge on any atom is -0.369 e. The van der Waals surface area contributed by atoms with Crippen LogP contribution in [0, 0.1) is 6.92 Å². The lowest BCUT2D eigenvalue weighted by molar-refractivity contribution is 0.993. The smallest absolute Gasteiger partial charge is 0.148 e. The Morgan fingerprint density at radius 3 is 2.94 bits per heavy atom. The van der Waals surface area contributed by atoms with Gasteiger partial charge in [0.05, 0.1) is 4.47 Å². The van der Waals surface area contributed by atoms with Crippen LogP contribution in [0.2, 0.25) is 5.15 Å². The first-order valence-electron chi connectivity index (χ1n) is 5.62. The van der Waals surface area contributed by atoms with Gasteiger partial charge in [0, 0.05) is 6.54 Å². The van der Waals surface area contributed by atoms with E-state index >= 15 is 0 Å². The summed E-state index contributed by atoms with van der Waals surface area (Å²) in [4.78, 5) is 8.02. The van der Waals surface area contributed by atoms with Crippen LogP contribution < -0.4 is 5.32 Å². The Morgan fingerprint density at radius 2 is 2.17 bits per heavy atom. The molecule has 0 saturated carbocycles. The van der Waals surface area contributed by atoms with Gasteiger partial charge >= 0.3 is 0 Å². The lowest BCUT2D eigenvalue weighted by atomic mass is 10.1. The first-order valence-corrected chi connectivity index (χ1v) is 6.79. The average Bonchev–Trinajstić information content (AvgIpc) is 2.35. The van der Waals surface area contributed by atoms with Crippen molar-refractivity contribution in [1.82, 2.24) is 9.97 Å². The van der Waals surface area contributed by atoms with Crippen molar-refractivity contribution >= 4 is 33.3 Å². The fourth-order valence-corrected chi connectivity index (χ4v) is 2.14. The third-order valence-corrected chi connectivity index (χ3v) is 3.80. The maximum absolute atomic E-state index is 5.89. The fraction of sp³-hybridized carbons (Fsp3) is 0.231. The maximum Gasteiger partial charge on any atom is 0.148 e. The SMILES string of the molecule is Cc1cccc(CCNc2ncnc(Cl)c2Br)c1. The van der Waals surface area contributed by atoms with E-state index in [0.29, 0.717) is 9.63 Å². The number of nitrogens with zero attached hydrogens (tertiary/aromatic N) is 2. The molecular formula is C13H13BrClN3. The summed E-state index contributed by atoms with van der Waals surface area (Å²) in [6.45, 7) is 2.90. The van der Waals surface area contributed by atoms with Gasteiger partial charge in [-0.1, -0.05) is 41.4 Å². The molecule has 1 heterocycles. The monoisotopic (exact) mass is 325 g/mol. The minimum absolute atomic E-state index is 0.419. The molecule has 0 fully saturated rings. The topological polar surface area (TPSA) is 37.8 Å². The second-order valence-electron chi connectivity index (χ2n) is 3.99. The molecule has 18 heavy (non-hydrogen) atoms. The number of nitrogens with one attached hydrogen (secondary N) is 1. The highest BCUT2D eigenvalue weighted by atomic mass is 79.9. The third kappa shape index (κ3) is 3.43. The van der Waals surface area contributed by atoms with Crippen LogP contribution in [-0.4, -0.2) is 16.5 Å². The van der Waals surface area contributed by atoms with Crippen LogP contribution in [-0.2, 0) is 6.42 Å². The van der Waals surface area contributed by atoms with Gasteiger partial charge in [-0.05, 0) is 34.8 Å². The maximum atomic E-state index is 5.89. The van der Waals surface area contributed by atoms with Crippen LogP contribution in [0.4, 0.5) is 5.82 Å². The van der Waals surface area contributed by atoms with Crippen molar-refractivity contribution in [1.29, 1.82) is 0 Å². The molecule has 0 atom stereocenters. The van der Waals surface area contributed by atoms with Gasteiger partial charge in [0.2, 0.25) is 0 Å². The summed E-state index contributed by atoms with van der Waals surface area (Å²) in [5.41, 5.74) is 2.58. The van der Waals surface area contributed by atoms with E-state index in [1.807, 2.05) is 0 Å². The molecule has 1 aromatic heterocycles. The van der Waals surface area contributed by atoms with Crippen LogP contribution in [0.5, 0.6) is 0 Å². The Labute approximate surface area is 120 Å². The zero-order valence-electron chi connectivity index (χ0n) is 9.95. The van der Waals surface area contributed by atoms with Gasteiger partial charge in [-0.2, -0.15) is 0 Å². The summed E-state index contributed by atoms with van der Waals surface area (Å²) < 4.78 is 0.705. The highest BCUT2D eigenvalue weighted by Crippen LogP contribution is 2.25. The van der Waals surface area contributed by atoms with Crippen LogP contribution in [0.15, 0.2) is 35.1 Å². The van der Waals surface area contributed by atoms with Gasteiger partial charge in [0.1, 0.15) is 17.3 Å². The number of halogens is 2. The number of anilines is 1. The lowest BCUT2D eigenvalue weighted by Gasteiger charge is -2.08. The van der Waals surface area contributed by atoms with Crippen LogP contribution in [0.3, 0.4) is 0 Å². The molecule has 1 aromatic carbocycles. The molecule has 0 aliphatic heterocycles. The van der Waals surface area contributed by atoms with E-state index < -0.39 is 0 Å². The standard InChI is InChI=1S/C13H13BrClN3/c1-9-3-2-4-10(7-9)5-6-16-13-11(14)12(15)17-8-18-13/h2-4,7-8H,5-6H2,1H3,(H,16,17,18). The summed E-state index contributed by atoms with van der Waals surface area (Å²) in [6.07, 6.45) is 2.39. The van der Waals surface area contributed by atoms with Crippen molar-refractivity contribution in [2.45, 2.75) is 13.3 Å². The summed E-state index contributed by atoms with van der Waals surface area (Å²) in [6, 6.07) is 8.47. The average molecular weight is 327 g/mol. The molecule has 2 aromatic rings. The molecule has 1 N–H and O–H groups in total. The molecule has 0 aliphatic rings. The van der Waals surface area contributed by atoms with Gasteiger partial charge in [0.25, 0.3) is 0 Å². The highest BCUT2D eigenvalue weighted by Gasteiger charge is 2.05. The van der Waals surface area contributed by atoms with Gasteiger partial charge < -0.3 is 5.32 Å². The quantitative estimate of drug-likeness (QED) is 0.867. The molecule has 3 nitrogen and oxygen atoms in total. The van der Waals surface area contributed by atoms with E-state index in [4.69, 9.17) is 11.6 Å². The van der Waals surface area contributed by atoms with Crippen LogP contribution in [0.1, 0.15) is 11.1 Å². The number of rotatable bonds is 4. The molecule has 0 radical (unpaired) electrons. The molecule has 0 unspecified atom stereocenters. The van der Waals surface area contributed by atoms with Crippen molar-refractivity contribution in [3.63, 3.8) is 0 Å². The minimum atomic E-state index is 0.419. The van der Waals surface area contributed by atoms with E-state index in [1.54, 1.807) is 0 Å². The Balaban J connectivity index is 1.94. The molecule has 94 valence electrons. The second-order valence-corrected chi connectivity index (χ2v) is 5.14. The van der Waals surface area contributed by atoms with E-state index in [9.17, 15) is 0 Å². The van der Waals surface area contributed by atoms with Gasteiger partial charge in [-0.25, -0.2) is 9.97 Å². The number of hydrogen-bond donors (Lipinski definition) is 1. The number of aromatic nitrogens is 2. The molecular weight excluding hydrogens is 314 g/mol. The van der Waals surface area contributed by atoms with E-state index in [0.717, 1.165) is 18.8 Å². The van der Waals surface area contributed by atoms with Crippen molar-refractivity contribution in [3.05, 3.63) is 51.3 Å². The Bertz CT molecular complexity index is 546. The predicted molar refractivity (Wildman–Crippen MR) is 78.1 cm³/mol. The second kappa shape index (κ2) is 6.16. The zero-order chi connectivity index (χ0) is 13.0. The van der Waals surface area contributed by atoms with Crippen molar-refractivity contribution in [3.8, 4) is 0 Å². The van der Waals surface area contributed by atoms with E-state index in [-0.39, 0.29) is 0 Å². The summed E-state index contributed by atoms with van der Waals surface area (Å²) >= 11 is 9.25. The lowest BCUT2D eigenvalue weighted by Crippen LogP contribution is -2.07. The molecule has 5 heteroatoms. The first-order chi connectivity index (χ1) is 8.66. The summed E-state index contributed by atoms with van der Waals surface area (Å²) in [7, 11) is 0. The van der Waals surface area contributed by atoms with E-state index in [1.165, 1.54) is 17.5 Å². The number of hydrogen-bond acceptors (Lipinski definition) is 3. The molecule has 0 saturated heterocycles. The van der Waals surface area contributed by atoms with Crippen LogP contribution >= 0.6 is 27.5 Å². The van der Waals surface area contributed by atoms with E-state index in [2.05, 4.69) is 62.4 Å². The Hall–Kier alpha value is -1.13. The van der Waals surface area contributed by atoms with Crippen molar-refractivity contribution in [2.75, 3.05) is 11.9 Å². The van der Waals surface area contributed by atoms with Crippen molar-refractivity contribution in [2.24, 2.45) is 0 Å². The molecule has 0 bridgehead atoms. The number of aryl methyl sites for hydroxylation is 1. The number of benzene rings is 1. The van der Waals surface area contributed by atoms with Gasteiger partial charge in [-0.15, -0.1) is 0 Å². The fourth-order valence-electron chi connectivity index (χ4n) is 1.66. The van der Waals surface area contributed by atoms with Crippen molar-refractivity contribution < 1.29 is 0 Å². The van der Waals surface area contributed by atoms with Crippen LogP contribution in [0.25, 0.3) is 0 Å². The third-order valence-electron chi connectivity index (χ3n) is 2.54. The first kappa shape index (κ1) is 13.3. The Morgan fingerprint density at radius 1 is 1.33 bits per heavy atom. The largest absolute Gasteiger partial charge is 0.369 e. The van der Waals surface area contributed by atoms with Gasteiger partial charge in [0.15, 0.2) is 0 Å². The summed E-state index contributed by atoms with van der Waals surface area (Å²) in [5.74, 6) is 0.725. The Kier molecular flexibility index (Phi) is 4.55. The molecule has 0 spiro atoms. The molecule has 2 rings (SSSR count). The molecule has 0 aliphatic carbocycles. The highest BCUT2D eigenvalue weighted by molar-refractivity contribution is 9.10.